The SMILES string of the molecule is CC(C)(C)C(=O)Nc1ccccc1C(=O)NC(CO)c1cccnc1. The predicted octanol–water partition coefficient (Wildman–Crippen LogP) is 2.53. The van der Waals surface area contributed by atoms with Crippen LogP contribution in [0.4, 0.5) is 5.69 Å². The van der Waals surface area contributed by atoms with Crippen molar-refractivity contribution in [2.45, 2.75) is 26.8 Å². The standard InChI is InChI=1S/C19H23N3O3/c1-19(2,3)18(25)22-15-9-5-4-8-14(15)17(24)21-16(12-23)13-7-6-10-20-11-13/h4-11,16,23H,12H2,1-3H3,(H,21,24)(H,22,25). The fourth-order valence-corrected chi connectivity index (χ4v) is 2.15. The molecule has 0 aliphatic rings. The lowest BCUT2D eigenvalue weighted by Crippen LogP contribution is -2.33. The lowest BCUT2D eigenvalue weighted by atomic mass is 9.95. The fraction of sp³-hybridized carbons (Fsp3) is 0.316. The number of hydrogen-bond donors (Lipinski definition) is 3. The molecule has 25 heavy (non-hydrogen) atoms. The molecule has 2 aromatic rings. The van der Waals surface area contributed by atoms with Gasteiger partial charge in [0.1, 0.15) is 0 Å². The van der Waals surface area contributed by atoms with Gasteiger partial charge in [-0.2, -0.15) is 0 Å². The minimum Gasteiger partial charge on any atom is -0.394 e. The maximum Gasteiger partial charge on any atom is 0.253 e. The Labute approximate surface area is 147 Å². The maximum absolute atomic E-state index is 12.6. The number of amides is 2. The summed E-state index contributed by atoms with van der Waals surface area (Å²) in [6.07, 6.45) is 3.21. The summed E-state index contributed by atoms with van der Waals surface area (Å²) >= 11 is 0. The molecule has 6 nitrogen and oxygen atoms in total. The minimum absolute atomic E-state index is 0.182. The second-order valence-electron chi connectivity index (χ2n) is 6.74. The van der Waals surface area contributed by atoms with Crippen molar-refractivity contribution in [3.63, 3.8) is 0 Å². The van der Waals surface area contributed by atoms with E-state index in [1.54, 1.807) is 69.6 Å². The molecule has 1 aromatic heterocycles. The molecule has 0 saturated heterocycles. The topological polar surface area (TPSA) is 91.3 Å². The van der Waals surface area contributed by atoms with E-state index in [0.717, 1.165) is 0 Å². The highest BCUT2D eigenvalue weighted by Gasteiger charge is 2.23. The van der Waals surface area contributed by atoms with Gasteiger partial charge >= 0.3 is 0 Å². The Morgan fingerprint density at radius 1 is 1.16 bits per heavy atom. The van der Waals surface area contributed by atoms with Gasteiger partial charge in [-0.05, 0) is 23.8 Å². The number of benzene rings is 1. The van der Waals surface area contributed by atoms with Crippen LogP contribution in [0.1, 0.15) is 42.7 Å². The van der Waals surface area contributed by atoms with Crippen LogP contribution in [0.25, 0.3) is 0 Å². The molecule has 0 fully saturated rings. The van der Waals surface area contributed by atoms with Gasteiger partial charge in [-0.3, -0.25) is 14.6 Å². The van der Waals surface area contributed by atoms with Crippen molar-refractivity contribution < 1.29 is 14.7 Å². The summed E-state index contributed by atoms with van der Waals surface area (Å²) in [6, 6.07) is 9.72. The van der Waals surface area contributed by atoms with Crippen molar-refractivity contribution in [1.82, 2.24) is 10.3 Å². The number of para-hydroxylation sites is 1. The smallest absolute Gasteiger partial charge is 0.253 e. The van der Waals surface area contributed by atoms with Gasteiger partial charge in [0.05, 0.1) is 23.9 Å². The van der Waals surface area contributed by atoms with E-state index in [2.05, 4.69) is 15.6 Å². The van der Waals surface area contributed by atoms with Gasteiger partial charge in [0, 0.05) is 17.8 Å². The maximum atomic E-state index is 12.6. The average molecular weight is 341 g/mol. The predicted molar refractivity (Wildman–Crippen MR) is 96.1 cm³/mol. The van der Waals surface area contributed by atoms with Crippen LogP contribution in [-0.2, 0) is 4.79 Å². The Bertz CT molecular complexity index is 739. The molecule has 0 spiro atoms. The van der Waals surface area contributed by atoms with Crippen molar-refractivity contribution in [2.75, 3.05) is 11.9 Å². The van der Waals surface area contributed by atoms with Gasteiger partial charge in [-0.1, -0.05) is 39.0 Å². The molecular formula is C19H23N3O3. The Kier molecular flexibility index (Phi) is 5.88. The van der Waals surface area contributed by atoms with Crippen molar-refractivity contribution in [3.05, 3.63) is 59.9 Å². The van der Waals surface area contributed by atoms with E-state index in [1.807, 2.05) is 0 Å². The van der Waals surface area contributed by atoms with Crippen LogP contribution in [-0.4, -0.2) is 28.5 Å². The minimum atomic E-state index is -0.576. The molecule has 1 unspecified atom stereocenters. The van der Waals surface area contributed by atoms with Gasteiger partial charge in [-0.25, -0.2) is 0 Å². The molecule has 1 atom stereocenters. The number of aromatic nitrogens is 1. The summed E-state index contributed by atoms with van der Waals surface area (Å²) in [7, 11) is 0. The normalized spacial score (nSPS) is 12.3. The van der Waals surface area contributed by atoms with Gasteiger partial charge in [0.25, 0.3) is 5.91 Å². The highest BCUT2D eigenvalue weighted by molar-refractivity contribution is 6.04. The molecule has 1 heterocycles. The Balaban J connectivity index is 2.20. The molecule has 3 N–H and O–H groups in total. The van der Waals surface area contributed by atoms with Crippen molar-refractivity contribution in [3.8, 4) is 0 Å². The first kappa shape index (κ1) is 18.6. The quantitative estimate of drug-likeness (QED) is 0.779. The first-order valence-electron chi connectivity index (χ1n) is 8.05. The number of nitrogens with zero attached hydrogens (tertiary/aromatic N) is 1. The molecular weight excluding hydrogens is 318 g/mol. The van der Waals surface area contributed by atoms with Gasteiger partial charge in [0.2, 0.25) is 5.91 Å². The highest BCUT2D eigenvalue weighted by atomic mass is 16.3. The third-order valence-electron chi connectivity index (χ3n) is 3.68. The number of pyridine rings is 1. The van der Waals surface area contributed by atoms with Crippen LogP contribution in [0.3, 0.4) is 0 Å². The van der Waals surface area contributed by atoms with Gasteiger partial charge < -0.3 is 15.7 Å². The van der Waals surface area contributed by atoms with Crippen molar-refractivity contribution in [2.24, 2.45) is 5.41 Å². The second-order valence-corrected chi connectivity index (χ2v) is 6.74. The Morgan fingerprint density at radius 3 is 2.48 bits per heavy atom. The number of nitrogens with one attached hydrogen (secondary N) is 2. The van der Waals surface area contributed by atoms with E-state index in [4.69, 9.17) is 0 Å². The number of aliphatic hydroxyl groups excluding tert-OH is 1. The molecule has 0 bridgehead atoms. The van der Waals surface area contributed by atoms with E-state index in [-0.39, 0.29) is 18.4 Å². The molecule has 0 aliphatic heterocycles. The lowest BCUT2D eigenvalue weighted by molar-refractivity contribution is -0.123. The summed E-state index contributed by atoms with van der Waals surface area (Å²) in [4.78, 5) is 28.9. The first-order valence-corrected chi connectivity index (χ1v) is 8.05. The van der Waals surface area contributed by atoms with Crippen LogP contribution >= 0.6 is 0 Å². The third kappa shape index (κ3) is 4.87. The summed E-state index contributed by atoms with van der Waals surface area (Å²) in [5.74, 6) is -0.563. The zero-order valence-electron chi connectivity index (χ0n) is 14.6. The number of anilines is 1. The lowest BCUT2D eigenvalue weighted by Gasteiger charge is -2.20. The first-order chi connectivity index (χ1) is 11.8. The second kappa shape index (κ2) is 7.90. The van der Waals surface area contributed by atoms with Gasteiger partial charge in [-0.15, -0.1) is 0 Å². The van der Waals surface area contributed by atoms with E-state index in [0.29, 0.717) is 16.8 Å². The Morgan fingerprint density at radius 2 is 1.88 bits per heavy atom. The molecule has 1 aromatic carbocycles. The van der Waals surface area contributed by atoms with E-state index >= 15 is 0 Å². The number of carbonyl (C=O) groups is 2. The van der Waals surface area contributed by atoms with Crippen LogP contribution in [0.15, 0.2) is 48.8 Å². The molecule has 0 radical (unpaired) electrons. The van der Waals surface area contributed by atoms with Crippen molar-refractivity contribution >= 4 is 17.5 Å². The monoisotopic (exact) mass is 341 g/mol. The average Bonchev–Trinajstić information content (AvgIpc) is 2.59. The number of hydrogen-bond acceptors (Lipinski definition) is 4. The number of aliphatic hydroxyl groups is 1. The molecule has 2 amide bonds. The van der Waals surface area contributed by atoms with Crippen LogP contribution in [0.5, 0.6) is 0 Å². The summed E-state index contributed by atoms with van der Waals surface area (Å²) < 4.78 is 0. The zero-order chi connectivity index (χ0) is 18.4. The molecule has 0 saturated carbocycles. The summed E-state index contributed by atoms with van der Waals surface area (Å²) in [5, 5.41) is 15.1. The van der Waals surface area contributed by atoms with E-state index in [1.165, 1.54) is 0 Å². The summed E-state index contributed by atoms with van der Waals surface area (Å²) in [6.45, 7) is 5.15. The third-order valence-corrected chi connectivity index (χ3v) is 3.68. The van der Waals surface area contributed by atoms with Crippen LogP contribution in [0, 0.1) is 5.41 Å². The highest BCUT2D eigenvalue weighted by Crippen LogP contribution is 2.21. The number of rotatable bonds is 5. The van der Waals surface area contributed by atoms with Gasteiger partial charge in [0.15, 0.2) is 0 Å². The molecule has 2 rings (SSSR count). The summed E-state index contributed by atoms with van der Waals surface area (Å²) in [5.41, 5.74) is 0.896. The van der Waals surface area contributed by atoms with Crippen molar-refractivity contribution in [1.29, 1.82) is 0 Å². The van der Waals surface area contributed by atoms with Crippen LogP contribution < -0.4 is 10.6 Å². The van der Waals surface area contributed by atoms with E-state index in [9.17, 15) is 14.7 Å². The van der Waals surface area contributed by atoms with E-state index < -0.39 is 11.5 Å². The van der Waals surface area contributed by atoms with Crippen LogP contribution in [0.2, 0.25) is 0 Å². The molecule has 6 heteroatoms. The fourth-order valence-electron chi connectivity index (χ4n) is 2.15. The molecule has 132 valence electrons. The Hall–Kier alpha value is -2.73. The zero-order valence-corrected chi connectivity index (χ0v) is 14.6. The molecule has 0 aliphatic carbocycles. The largest absolute Gasteiger partial charge is 0.394 e. The number of carbonyl (C=O) groups excluding carboxylic acids is 2.